The molecule has 0 aromatic heterocycles. The van der Waals surface area contributed by atoms with Crippen molar-refractivity contribution >= 4 is 17.7 Å². The second kappa shape index (κ2) is 12.2. The average Bonchev–Trinajstić information content (AvgIpc) is 2.50. The second-order valence-corrected chi connectivity index (χ2v) is 9.72. The molecule has 1 amide bonds. The lowest BCUT2D eigenvalue weighted by atomic mass is 9.82. The van der Waals surface area contributed by atoms with Gasteiger partial charge in [-0.25, -0.2) is 0 Å². The summed E-state index contributed by atoms with van der Waals surface area (Å²) in [6.45, 7) is 10.9. The van der Waals surface area contributed by atoms with E-state index in [1.165, 1.54) is 32.1 Å². The van der Waals surface area contributed by atoms with Crippen LogP contribution in [0.25, 0.3) is 0 Å². The summed E-state index contributed by atoms with van der Waals surface area (Å²) in [4.78, 5) is 12.5. The highest BCUT2D eigenvalue weighted by Gasteiger charge is 2.35. The van der Waals surface area contributed by atoms with Crippen LogP contribution >= 0.6 is 11.8 Å². The van der Waals surface area contributed by atoms with Crippen LogP contribution in [0, 0.1) is 5.41 Å². The molecule has 0 aliphatic rings. The highest BCUT2D eigenvalue weighted by Crippen LogP contribution is 2.37. The van der Waals surface area contributed by atoms with Gasteiger partial charge < -0.3 is 15.5 Å². The summed E-state index contributed by atoms with van der Waals surface area (Å²) in [6.07, 6.45) is 7.37. The Balaban J connectivity index is 4.12. The van der Waals surface area contributed by atoms with E-state index in [4.69, 9.17) is 5.11 Å². The highest BCUT2D eigenvalue weighted by molar-refractivity contribution is 8.00. The van der Waals surface area contributed by atoms with E-state index in [0.29, 0.717) is 5.75 Å². The van der Waals surface area contributed by atoms with Crippen molar-refractivity contribution < 1.29 is 15.0 Å². The molecule has 24 heavy (non-hydrogen) atoms. The molecule has 0 saturated heterocycles. The van der Waals surface area contributed by atoms with E-state index in [1.54, 1.807) is 11.8 Å². The van der Waals surface area contributed by atoms with Gasteiger partial charge in [-0.3, -0.25) is 4.79 Å². The smallest absolute Gasteiger partial charge is 0.225 e. The molecule has 3 N–H and O–H groups in total. The molecule has 0 aromatic rings. The Labute approximate surface area is 153 Å². The van der Waals surface area contributed by atoms with Crippen molar-refractivity contribution in [3.05, 3.63) is 0 Å². The minimum absolute atomic E-state index is 0.104. The van der Waals surface area contributed by atoms with Crippen LogP contribution < -0.4 is 5.32 Å². The van der Waals surface area contributed by atoms with E-state index < -0.39 is 11.5 Å². The van der Waals surface area contributed by atoms with Gasteiger partial charge in [-0.1, -0.05) is 66.7 Å². The molecule has 0 heterocycles. The zero-order valence-electron chi connectivity index (χ0n) is 16.4. The molecular weight excluding hydrogens is 322 g/mol. The maximum atomic E-state index is 12.5. The van der Waals surface area contributed by atoms with Gasteiger partial charge in [0.2, 0.25) is 5.91 Å². The Bertz CT molecular complexity index is 346. The third-order valence-corrected chi connectivity index (χ3v) is 5.65. The first-order valence-electron chi connectivity index (χ1n) is 9.36. The lowest BCUT2D eigenvalue weighted by Gasteiger charge is -2.34. The fraction of sp³-hybridized carbons (Fsp3) is 0.947. The molecule has 0 aliphatic carbocycles. The molecule has 5 heteroatoms. The number of carbonyl (C=O) groups excluding carboxylic acids is 1. The summed E-state index contributed by atoms with van der Waals surface area (Å²) in [5, 5.41) is 21.5. The van der Waals surface area contributed by atoms with Crippen molar-refractivity contribution in [3.63, 3.8) is 0 Å². The van der Waals surface area contributed by atoms with Crippen molar-refractivity contribution in [2.75, 3.05) is 18.9 Å². The number of amides is 1. The number of aliphatic hydroxyl groups is 2. The van der Waals surface area contributed by atoms with Gasteiger partial charge in [-0.2, -0.15) is 11.8 Å². The van der Waals surface area contributed by atoms with E-state index in [1.807, 2.05) is 13.8 Å². The number of unbranched alkanes of at least 4 members (excludes halogenated alkanes) is 5. The van der Waals surface area contributed by atoms with Crippen LogP contribution in [0.2, 0.25) is 0 Å². The average molecular weight is 362 g/mol. The highest BCUT2D eigenvalue weighted by atomic mass is 32.2. The Morgan fingerprint density at radius 1 is 1.08 bits per heavy atom. The maximum absolute atomic E-state index is 12.5. The molecule has 0 aromatic carbocycles. The van der Waals surface area contributed by atoms with Crippen LogP contribution in [-0.2, 0) is 4.79 Å². The van der Waals surface area contributed by atoms with Gasteiger partial charge in [-0.05, 0) is 12.8 Å². The van der Waals surface area contributed by atoms with Gasteiger partial charge in [0.05, 0.1) is 12.7 Å². The summed E-state index contributed by atoms with van der Waals surface area (Å²) in [5.74, 6) is 0.589. The van der Waals surface area contributed by atoms with Crippen LogP contribution in [0.1, 0.15) is 79.6 Å². The molecule has 0 rings (SSSR count). The van der Waals surface area contributed by atoms with E-state index in [0.717, 1.165) is 19.4 Å². The predicted molar refractivity (Wildman–Crippen MR) is 104 cm³/mol. The lowest BCUT2D eigenvalue weighted by Crippen LogP contribution is -2.41. The number of nitrogens with one attached hydrogen (secondary N) is 1. The first-order chi connectivity index (χ1) is 11.1. The Kier molecular flexibility index (Phi) is 12.0. The molecule has 0 fully saturated rings. The van der Waals surface area contributed by atoms with Crippen LogP contribution in [0.3, 0.4) is 0 Å². The van der Waals surface area contributed by atoms with Crippen molar-refractivity contribution in [3.8, 4) is 0 Å². The normalized spacial score (nSPS) is 13.8. The first-order valence-corrected chi connectivity index (χ1v) is 10.3. The Morgan fingerprint density at radius 3 is 2.25 bits per heavy atom. The minimum Gasteiger partial charge on any atom is -0.394 e. The Hall–Kier alpha value is -0.260. The third-order valence-electron chi connectivity index (χ3n) is 4.18. The fourth-order valence-electron chi connectivity index (χ4n) is 2.92. The number of carbonyl (C=O) groups is 1. The summed E-state index contributed by atoms with van der Waals surface area (Å²) in [5.41, 5.74) is -0.442. The van der Waals surface area contributed by atoms with E-state index in [9.17, 15) is 9.90 Å². The third kappa shape index (κ3) is 11.3. The van der Waals surface area contributed by atoms with E-state index in [2.05, 4.69) is 26.1 Å². The van der Waals surface area contributed by atoms with Crippen LogP contribution in [0.5, 0.6) is 0 Å². The molecule has 0 bridgehead atoms. The van der Waals surface area contributed by atoms with Gasteiger partial charge in [0.25, 0.3) is 0 Å². The molecule has 1 unspecified atom stereocenters. The fourth-order valence-corrected chi connectivity index (χ4v) is 4.13. The minimum atomic E-state index is -0.695. The molecular formula is C19H39NO3S. The van der Waals surface area contributed by atoms with Gasteiger partial charge >= 0.3 is 0 Å². The number of hydrogen-bond donors (Lipinski definition) is 3. The topological polar surface area (TPSA) is 69.6 Å². The molecule has 0 spiro atoms. The molecule has 1 atom stereocenters. The van der Waals surface area contributed by atoms with Crippen molar-refractivity contribution in [1.82, 2.24) is 5.32 Å². The van der Waals surface area contributed by atoms with Gasteiger partial charge in [0.15, 0.2) is 0 Å². The largest absolute Gasteiger partial charge is 0.394 e. The lowest BCUT2D eigenvalue weighted by molar-refractivity contribution is -0.129. The second-order valence-electron chi connectivity index (χ2n) is 7.99. The zero-order chi connectivity index (χ0) is 18.6. The molecule has 0 aliphatic heterocycles. The first kappa shape index (κ1) is 23.7. The number of hydrogen-bond acceptors (Lipinski definition) is 4. The molecule has 0 saturated carbocycles. The Morgan fingerprint density at radius 2 is 1.67 bits per heavy atom. The van der Waals surface area contributed by atoms with Gasteiger partial charge in [-0.15, -0.1) is 0 Å². The van der Waals surface area contributed by atoms with Crippen LogP contribution in [0.4, 0.5) is 0 Å². The van der Waals surface area contributed by atoms with Gasteiger partial charge in [0.1, 0.15) is 0 Å². The quantitative estimate of drug-likeness (QED) is 0.412. The van der Waals surface area contributed by atoms with Crippen LogP contribution in [-0.4, -0.2) is 45.9 Å². The predicted octanol–water partition coefficient (Wildman–Crippen LogP) is 3.74. The maximum Gasteiger partial charge on any atom is 0.225 e. The van der Waals surface area contributed by atoms with Crippen molar-refractivity contribution in [1.29, 1.82) is 0 Å². The van der Waals surface area contributed by atoms with Gasteiger partial charge in [0, 0.05) is 22.5 Å². The van der Waals surface area contributed by atoms with Crippen molar-refractivity contribution in [2.45, 2.75) is 90.4 Å². The van der Waals surface area contributed by atoms with Crippen LogP contribution in [0.15, 0.2) is 0 Å². The summed E-state index contributed by atoms with van der Waals surface area (Å²) in [6, 6.07) is 0. The van der Waals surface area contributed by atoms with E-state index in [-0.39, 0.29) is 17.3 Å². The SMILES string of the molecule is CCCCCCCCNC(=O)C(C)(C)CC(C)(C)SCC(O)CO. The summed E-state index contributed by atoms with van der Waals surface area (Å²) >= 11 is 1.61. The van der Waals surface area contributed by atoms with Crippen molar-refractivity contribution in [2.24, 2.45) is 5.41 Å². The molecule has 0 radical (unpaired) electrons. The number of thioether (sulfide) groups is 1. The summed E-state index contributed by atoms with van der Waals surface area (Å²) < 4.78 is -0.128. The summed E-state index contributed by atoms with van der Waals surface area (Å²) in [7, 11) is 0. The zero-order valence-corrected chi connectivity index (χ0v) is 17.2. The molecule has 4 nitrogen and oxygen atoms in total. The van der Waals surface area contributed by atoms with E-state index >= 15 is 0 Å². The molecule has 144 valence electrons. The number of rotatable bonds is 14. The number of aliphatic hydroxyl groups excluding tert-OH is 2. The monoisotopic (exact) mass is 361 g/mol. The standard InChI is InChI=1S/C19H39NO3S/c1-6-7-8-9-10-11-12-20-17(23)18(2,3)15-19(4,5)24-14-16(22)13-21/h16,21-22H,6-15H2,1-5H3,(H,20,23).